The Morgan fingerprint density at radius 2 is 1.86 bits per heavy atom. The van der Waals surface area contributed by atoms with Gasteiger partial charge in [0.1, 0.15) is 6.10 Å². The summed E-state index contributed by atoms with van der Waals surface area (Å²) in [7, 11) is 1.82. The fraction of sp³-hybridized carbons (Fsp3) is 1.00. The minimum absolute atomic E-state index is 0.0856. The molecule has 0 aromatic carbocycles. The number of hydrogen-bond acceptors (Lipinski definition) is 2. The van der Waals surface area contributed by atoms with Crippen molar-refractivity contribution in [1.82, 2.24) is 4.90 Å². The second kappa shape index (κ2) is 5.61. The molecule has 0 bridgehead atoms. The van der Waals surface area contributed by atoms with Gasteiger partial charge in [-0.05, 0) is 19.9 Å². The first-order valence-corrected chi connectivity index (χ1v) is 5.27. The maximum Gasteiger partial charge on any atom is 0.265 e. The van der Waals surface area contributed by atoms with E-state index in [-0.39, 0.29) is 6.54 Å². The molecule has 1 N–H and O–H groups in total. The molecule has 0 amide bonds. The van der Waals surface area contributed by atoms with Gasteiger partial charge >= 0.3 is 0 Å². The van der Waals surface area contributed by atoms with E-state index in [2.05, 4.69) is 0 Å². The van der Waals surface area contributed by atoms with E-state index in [4.69, 9.17) is 5.11 Å². The van der Waals surface area contributed by atoms with Crippen molar-refractivity contribution in [3.63, 3.8) is 0 Å². The number of halogens is 2. The number of aliphatic hydroxyl groups excluding tert-OH is 1. The number of hydrogen-bond donors (Lipinski definition) is 1. The van der Waals surface area contributed by atoms with E-state index >= 15 is 0 Å². The van der Waals surface area contributed by atoms with Crippen molar-refractivity contribution in [3.8, 4) is 0 Å². The Balaban J connectivity index is 2.28. The molecular weight excluding hydrogens is 188 g/mol. The Bertz CT molecular complexity index is 160. The van der Waals surface area contributed by atoms with Gasteiger partial charge in [0.2, 0.25) is 0 Å². The van der Waals surface area contributed by atoms with Gasteiger partial charge in [-0.2, -0.15) is 0 Å². The van der Waals surface area contributed by atoms with E-state index in [0.29, 0.717) is 6.04 Å². The summed E-state index contributed by atoms with van der Waals surface area (Å²) in [6.45, 7) is 0.0856. The molecule has 0 aliphatic heterocycles. The van der Waals surface area contributed by atoms with Crippen LogP contribution in [0.15, 0.2) is 0 Å². The van der Waals surface area contributed by atoms with Crippen LogP contribution in [0, 0.1) is 0 Å². The predicted octanol–water partition coefficient (Wildman–Crippen LogP) is 1.88. The highest BCUT2D eigenvalue weighted by atomic mass is 19.3. The van der Waals surface area contributed by atoms with Crippen LogP contribution in [0.4, 0.5) is 8.78 Å². The Kier molecular flexibility index (Phi) is 4.75. The number of alkyl halides is 2. The molecule has 1 atom stereocenters. The van der Waals surface area contributed by atoms with Crippen LogP contribution in [0.3, 0.4) is 0 Å². The molecule has 84 valence electrons. The van der Waals surface area contributed by atoms with Crippen molar-refractivity contribution in [2.75, 3.05) is 13.6 Å². The van der Waals surface area contributed by atoms with Gasteiger partial charge in [0.25, 0.3) is 6.43 Å². The van der Waals surface area contributed by atoms with Crippen molar-refractivity contribution >= 4 is 0 Å². The molecule has 14 heavy (non-hydrogen) atoms. The van der Waals surface area contributed by atoms with Crippen LogP contribution in [0.5, 0.6) is 0 Å². The van der Waals surface area contributed by atoms with E-state index < -0.39 is 12.5 Å². The van der Waals surface area contributed by atoms with Gasteiger partial charge in [0, 0.05) is 12.6 Å². The molecule has 0 aromatic rings. The number of aliphatic hydroxyl groups is 1. The van der Waals surface area contributed by atoms with Crippen LogP contribution in [-0.2, 0) is 0 Å². The zero-order valence-electron chi connectivity index (χ0n) is 8.63. The molecule has 1 unspecified atom stereocenters. The Labute approximate surface area is 83.9 Å². The maximum absolute atomic E-state index is 12.1. The first kappa shape index (κ1) is 11.9. The molecular formula is C10H19F2NO. The van der Waals surface area contributed by atoms with E-state index in [1.807, 2.05) is 11.9 Å². The van der Waals surface area contributed by atoms with Crippen molar-refractivity contribution in [1.29, 1.82) is 0 Å². The highest BCUT2D eigenvalue weighted by molar-refractivity contribution is 4.75. The van der Waals surface area contributed by atoms with Crippen LogP contribution >= 0.6 is 0 Å². The van der Waals surface area contributed by atoms with E-state index in [1.54, 1.807) is 0 Å². The summed E-state index contributed by atoms with van der Waals surface area (Å²) in [5.74, 6) is 0. The molecule has 1 fully saturated rings. The van der Waals surface area contributed by atoms with Crippen LogP contribution < -0.4 is 0 Å². The molecule has 1 rings (SSSR count). The van der Waals surface area contributed by atoms with Crippen molar-refractivity contribution in [3.05, 3.63) is 0 Å². The second-order valence-electron chi connectivity index (χ2n) is 4.13. The largest absolute Gasteiger partial charge is 0.386 e. The lowest BCUT2D eigenvalue weighted by atomic mass is 9.94. The third-order valence-corrected chi connectivity index (χ3v) is 2.96. The lowest BCUT2D eigenvalue weighted by Crippen LogP contribution is -2.40. The molecule has 4 heteroatoms. The zero-order valence-corrected chi connectivity index (χ0v) is 8.63. The Morgan fingerprint density at radius 3 is 2.36 bits per heavy atom. The van der Waals surface area contributed by atoms with E-state index in [1.165, 1.54) is 19.3 Å². The SMILES string of the molecule is CN(CC(O)C(F)F)C1CCCCC1. The molecule has 0 aromatic heterocycles. The van der Waals surface area contributed by atoms with Gasteiger partial charge in [-0.1, -0.05) is 19.3 Å². The molecule has 0 heterocycles. The first-order valence-electron chi connectivity index (χ1n) is 5.27. The van der Waals surface area contributed by atoms with Gasteiger partial charge in [-0.3, -0.25) is 0 Å². The molecule has 1 aliphatic rings. The smallest absolute Gasteiger partial charge is 0.265 e. The summed E-state index contributed by atoms with van der Waals surface area (Å²) in [4.78, 5) is 1.87. The predicted molar refractivity (Wildman–Crippen MR) is 51.5 cm³/mol. The zero-order chi connectivity index (χ0) is 10.6. The highest BCUT2D eigenvalue weighted by Crippen LogP contribution is 2.21. The summed E-state index contributed by atoms with van der Waals surface area (Å²) in [6, 6.07) is 0.386. The monoisotopic (exact) mass is 207 g/mol. The fourth-order valence-corrected chi connectivity index (χ4v) is 2.05. The van der Waals surface area contributed by atoms with Crippen molar-refractivity contribution in [2.45, 2.75) is 50.7 Å². The molecule has 0 radical (unpaired) electrons. The van der Waals surface area contributed by atoms with E-state index in [0.717, 1.165) is 12.8 Å². The van der Waals surface area contributed by atoms with Crippen LogP contribution in [-0.4, -0.2) is 42.2 Å². The number of rotatable bonds is 4. The molecule has 0 spiro atoms. The number of likely N-dealkylation sites (N-methyl/N-ethyl adjacent to an activating group) is 1. The summed E-state index contributed by atoms with van der Waals surface area (Å²) >= 11 is 0. The third-order valence-electron chi connectivity index (χ3n) is 2.96. The summed E-state index contributed by atoms with van der Waals surface area (Å²) in [5, 5.41) is 9.04. The second-order valence-corrected chi connectivity index (χ2v) is 4.13. The maximum atomic E-state index is 12.1. The van der Waals surface area contributed by atoms with Crippen molar-refractivity contribution < 1.29 is 13.9 Å². The Hall–Kier alpha value is -0.220. The summed E-state index contributed by atoms with van der Waals surface area (Å²) in [6.07, 6.45) is 1.64. The lowest BCUT2D eigenvalue weighted by molar-refractivity contribution is -0.0275. The lowest BCUT2D eigenvalue weighted by Gasteiger charge is -2.32. The molecule has 2 nitrogen and oxygen atoms in total. The van der Waals surface area contributed by atoms with Crippen LogP contribution in [0.2, 0.25) is 0 Å². The fourth-order valence-electron chi connectivity index (χ4n) is 2.05. The average molecular weight is 207 g/mol. The minimum atomic E-state index is -2.62. The van der Waals surface area contributed by atoms with Crippen LogP contribution in [0.25, 0.3) is 0 Å². The standard InChI is InChI=1S/C10H19F2NO/c1-13(7-9(14)10(11)12)8-5-3-2-4-6-8/h8-10,14H,2-7H2,1H3. The van der Waals surface area contributed by atoms with E-state index in [9.17, 15) is 8.78 Å². The minimum Gasteiger partial charge on any atom is -0.386 e. The van der Waals surface area contributed by atoms with Gasteiger partial charge in [0.15, 0.2) is 0 Å². The molecule has 0 saturated heterocycles. The first-order chi connectivity index (χ1) is 6.61. The summed E-state index contributed by atoms with van der Waals surface area (Å²) in [5.41, 5.74) is 0. The molecule has 1 saturated carbocycles. The third kappa shape index (κ3) is 3.50. The summed E-state index contributed by atoms with van der Waals surface area (Å²) < 4.78 is 24.2. The number of nitrogens with zero attached hydrogens (tertiary/aromatic N) is 1. The topological polar surface area (TPSA) is 23.5 Å². The average Bonchev–Trinajstić information content (AvgIpc) is 2.19. The molecule has 1 aliphatic carbocycles. The van der Waals surface area contributed by atoms with Gasteiger partial charge in [-0.25, -0.2) is 8.78 Å². The van der Waals surface area contributed by atoms with Gasteiger partial charge < -0.3 is 10.0 Å². The van der Waals surface area contributed by atoms with Gasteiger partial charge in [-0.15, -0.1) is 0 Å². The normalized spacial score (nSPS) is 21.9. The Morgan fingerprint density at radius 1 is 1.29 bits per heavy atom. The van der Waals surface area contributed by atoms with Crippen molar-refractivity contribution in [2.24, 2.45) is 0 Å². The highest BCUT2D eigenvalue weighted by Gasteiger charge is 2.23. The quantitative estimate of drug-likeness (QED) is 0.760. The van der Waals surface area contributed by atoms with Crippen LogP contribution in [0.1, 0.15) is 32.1 Å². The van der Waals surface area contributed by atoms with Gasteiger partial charge in [0.05, 0.1) is 0 Å².